The topological polar surface area (TPSA) is 34.4 Å². The first-order chi connectivity index (χ1) is 10.4. The zero-order valence-electron chi connectivity index (χ0n) is 12.8. The van der Waals surface area contributed by atoms with Crippen molar-refractivity contribution in [2.75, 3.05) is 13.2 Å². The van der Waals surface area contributed by atoms with Crippen molar-refractivity contribution < 1.29 is 9.15 Å². The van der Waals surface area contributed by atoms with Crippen LogP contribution in [0.2, 0.25) is 0 Å². The fraction of sp³-hybridized carbons (Fsp3) is 0.444. The first-order valence-corrected chi connectivity index (χ1v) is 7.77. The van der Waals surface area contributed by atoms with Gasteiger partial charge in [0.15, 0.2) is 0 Å². The minimum absolute atomic E-state index is 0.560. The summed E-state index contributed by atoms with van der Waals surface area (Å²) in [7, 11) is 0. The number of hydrogen-bond acceptors (Lipinski definition) is 3. The van der Waals surface area contributed by atoms with Crippen LogP contribution in [0.3, 0.4) is 0 Å². The van der Waals surface area contributed by atoms with Crippen molar-refractivity contribution in [1.29, 1.82) is 0 Å². The molecule has 0 amide bonds. The number of furan rings is 1. The Balaban J connectivity index is 1.63. The van der Waals surface area contributed by atoms with E-state index in [1.807, 2.05) is 12.1 Å². The monoisotopic (exact) mass is 287 g/mol. The van der Waals surface area contributed by atoms with E-state index in [4.69, 9.17) is 9.15 Å². The van der Waals surface area contributed by atoms with Crippen molar-refractivity contribution in [2.24, 2.45) is 0 Å². The Morgan fingerprint density at radius 3 is 2.81 bits per heavy atom. The molecule has 0 spiro atoms. The van der Waals surface area contributed by atoms with E-state index in [0.29, 0.717) is 6.61 Å². The number of rotatable bonds is 10. The van der Waals surface area contributed by atoms with Crippen molar-refractivity contribution in [1.82, 2.24) is 5.32 Å². The van der Waals surface area contributed by atoms with Crippen LogP contribution in [-0.4, -0.2) is 13.2 Å². The molecule has 0 aliphatic carbocycles. The number of benzene rings is 1. The van der Waals surface area contributed by atoms with Crippen molar-refractivity contribution >= 4 is 0 Å². The van der Waals surface area contributed by atoms with Gasteiger partial charge in [0.1, 0.15) is 12.4 Å². The Hall–Kier alpha value is -1.58. The van der Waals surface area contributed by atoms with Crippen LogP contribution in [0.25, 0.3) is 0 Å². The molecule has 1 aromatic heterocycles. The van der Waals surface area contributed by atoms with Gasteiger partial charge in [-0.05, 0) is 37.4 Å². The van der Waals surface area contributed by atoms with E-state index >= 15 is 0 Å². The average molecular weight is 287 g/mol. The van der Waals surface area contributed by atoms with Crippen LogP contribution in [0, 0.1) is 0 Å². The number of nitrogens with one attached hydrogen (secondary N) is 1. The number of hydrogen-bond donors (Lipinski definition) is 1. The van der Waals surface area contributed by atoms with Gasteiger partial charge in [0.05, 0.1) is 6.26 Å². The van der Waals surface area contributed by atoms with Crippen molar-refractivity contribution in [3.05, 3.63) is 59.5 Å². The summed E-state index contributed by atoms with van der Waals surface area (Å²) in [5.74, 6) is 0.943. The van der Waals surface area contributed by atoms with Crippen LogP contribution in [0.5, 0.6) is 0 Å². The molecule has 1 heterocycles. The van der Waals surface area contributed by atoms with E-state index in [2.05, 4.69) is 36.5 Å². The summed E-state index contributed by atoms with van der Waals surface area (Å²) in [6.07, 6.45) is 4.98. The van der Waals surface area contributed by atoms with E-state index in [-0.39, 0.29) is 0 Å². The lowest BCUT2D eigenvalue weighted by Gasteiger charge is -2.06. The molecule has 0 aliphatic rings. The first-order valence-electron chi connectivity index (χ1n) is 7.77. The quantitative estimate of drug-likeness (QED) is 0.672. The van der Waals surface area contributed by atoms with Crippen molar-refractivity contribution in [2.45, 2.75) is 39.3 Å². The van der Waals surface area contributed by atoms with Crippen LogP contribution >= 0.6 is 0 Å². The molecule has 0 fully saturated rings. The van der Waals surface area contributed by atoms with Gasteiger partial charge in [0, 0.05) is 18.7 Å². The zero-order chi connectivity index (χ0) is 14.8. The van der Waals surface area contributed by atoms with Crippen molar-refractivity contribution in [3.63, 3.8) is 0 Å². The van der Waals surface area contributed by atoms with Gasteiger partial charge in [0.25, 0.3) is 0 Å². The predicted molar refractivity (Wildman–Crippen MR) is 85.1 cm³/mol. The molecular formula is C18H25NO2. The van der Waals surface area contributed by atoms with Crippen LogP contribution in [-0.2, 0) is 24.3 Å². The van der Waals surface area contributed by atoms with Crippen LogP contribution in [0.4, 0.5) is 0 Å². The Morgan fingerprint density at radius 2 is 2.00 bits per heavy atom. The fourth-order valence-corrected chi connectivity index (χ4v) is 2.24. The number of aryl methyl sites for hydroxylation is 1. The van der Waals surface area contributed by atoms with Crippen LogP contribution in [0.15, 0.2) is 47.1 Å². The summed E-state index contributed by atoms with van der Waals surface area (Å²) in [6.45, 7) is 5.37. The summed E-state index contributed by atoms with van der Waals surface area (Å²) in [6, 6.07) is 12.5. The van der Waals surface area contributed by atoms with Crippen LogP contribution < -0.4 is 5.32 Å². The average Bonchev–Trinajstić information content (AvgIpc) is 2.96. The predicted octanol–water partition coefficient (Wildman–Crippen LogP) is 3.93. The van der Waals surface area contributed by atoms with Gasteiger partial charge in [-0.3, -0.25) is 0 Å². The summed E-state index contributed by atoms with van der Waals surface area (Å²) < 4.78 is 11.2. The Bertz CT molecular complexity index is 493. The summed E-state index contributed by atoms with van der Waals surface area (Å²) >= 11 is 0. The standard InChI is InChI=1S/C18H25NO2/c1-2-11-19-14-17-10-13-21-18(17)15-20-12-6-9-16-7-4-3-5-8-16/h3-5,7-8,10,13,19H,2,6,9,11-12,14-15H2,1H3. The first kappa shape index (κ1) is 15.8. The van der Waals surface area contributed by atoms with Crippen LogP contribution in [0.1, 0.15) is 36.7 Å². The van der Waals surface area contributed by atoms with Crippen molar-refractivity contribution in [3.8, 4) is 0 Å². The largest absolute Gasteiger partial charge is 0.467 e. The minimum atomic E-state index is 0.560. The molecule has 0 unspecified atom stereocenters. The molecule has 1 N–H and O–H groups in total. The summed E-state index contributed by atoms with van der Waals surface area (Å²) in [5.41, 5.74) is 2.56. The molecule has 3 heteroatoms. The molecule has 2 aromatic rings. The van der Waals surface area contributed by atoms with Gasteiger partial charge < -0.3 is 14.5 Å². The molecule has 0 bridgehead atoms. The lowest BCUT2D eigenvalue weighted by molar-refractivity contribution is 0.103. The Labute approximate surface area is 127 Å². The SMILES string of the molecule is CCCNCc1ccoc1COCCCc1ccccc1. The summed E-state index contributed by atoms with van der Waals surface area (Å²) in [5, 5.41) is 3.39. The van der Waals surface area contributed by atoms with Gasteiger partial charge in [-0.15, -0.1) is 0 Å². The molecule has 3 nitrogen and oxygen atoms in total. The third-order valence-electron chi connectivity index (χ3n) is 3.41. The highest BCUT2D eigenvalue weighted by atomic mass is 16.5. The fourth-order valence-electron chi connectivity index (χ4n) is 2.24. The van der Waals surface area contributed by atoms with E-state index in [1.165, 1.54) is 11.1 Å². The Kier molecular flexibility index (Phi) is 7.05. The normalized spacial score (nSPS) is 10.9. The zero-order valence-corrected chi connectivity index (χ0v) is 12.8. The van der Waals surface area contributed by atoms with E-state index < -0.39 is 0 Å². The van der Waals surface area contributed by atoms with Gasteiger partial charge in [-0.1, -0.05) is 37.3 Å². The highest BCUT2D eigenvalue weighted by Crippen LogP contribution is 2.12. The molecule has 0 atom stereocenters. The number of ether oxygens (including phenoxy) is 1. The second-order valence-corrected chi connectivity index (χ2v) is 5.19. The third kappa shape index (κ3) is 5.74. The molecule has 0 radical (unpaired) electrons. The molecule has 0 saturated carbocycles. The summed E-state index contributed by atoms with van der Waals surface area (Å²) in [4.78, 5) is 0. The molecule has 114 valence electrons. The smallest absolute Gasteiger partial charge is 0.133 e. The maximum atomic E-state index is 5.73. The highest BCUT2D eigenvalue weighted by Gasteiger charge is 2.05. The lowest BCUT2D eigenvalue weighted by Crippen LogP contribution is -2.14. The molecule has 21 heavy (non-hydrogen) atoms. The van der Waals surface area contributed by atoms with Gasteiger partial charge in [0.2, 0.25) is 0 Å². The Morgan fingerprint density at radius 1 is 1.14 bits per heavy atom. The molecule has 0 saturated heterocycles. The third-order valence-corrected chi connectivity index (χ3v) is 3.41. The van der Waals surface area contributed by atoms with Gasteiger partial charge in [-0.2, -0.15) is 0 Å². The van der Waals surface area contributed by atoms with E-state index in [0.717, 1.165) is 44.7 Å². The molecule has 1 aromatic carbocycles. The van der Waals surface area contributed by atoms with Gasteiger partial charge >= 0.3 is 0 Å². The second kappa shape index (κ2) is 9.37. The molecule has 2 rings (SSSR count). The lowest BCUT2D eigenvalue weighted by atomic mass is 10.1. The molecule has 0 aliphatic heterocycles. The van der Waals surface area contributed by atoms with E-state index in [1.54, 1.807) is 6.26 Å². The van der Waals surface area contributed by atoms with E-state index in [9.17, 15) is 0 Å². The maximum Gasteiger partial charge on any atom is 0.133 e. The minimum Gasteiger partial charge on any atom is -0.467 e. The maximum absolute atomic E-state index is 5.73. The second-order valence-electron chi connectivity index (χ2n) is 5.19. The van der Waals surface area contributed by atoms with Gasteiger partial charge in [-0.25, -0.2) is 0 Å². The molecular weight excluding hydrogens is 262 g/mol. The highest BCUT2D eigenvalue weighted by molar-refractivity contribution is 5.16.